The van der Waals surface area contributed by atoms with Crippen LogP contribution in [0.25, 0.3) is 0 Å². The topological polar surface area (TPSA) is 110 Å². The van der Waals surface area contributed by atoms with Crippen molar-refractivity contribution in [2.24, 2.45) is 28.6 Å². The first-order valence-electron chi connectivity index (χ1n) is 13.8. The normalized spacial score (nSPS) is 48.9. The minimum Gasteiger partial charge on any atom is -0.479 e. The first kappa shape index (κ1) is 25.7. The number of rotatable bonds is 7. The minimum atomic E-state index is -1.10. The lowest BCUT2D eigenvalue weighted by atomic mass is 9.48. The zero-order chi connectivity index (χ0) is 26.4. The number of hydrogen-bond donors (Lipinski definition) is 1. The summed E-state index contributed by atoms with van der Waals surface area (Å²) in [6.45, 7) is 8.90. The van der Waals surface area contributed by atoms with Gasteiger partial charge < -0.3 is 33.5 Å². The molecule has 9 nitrogen and oxygen atoms in total. The Morgan fingerprint density at radius 3 is 2.68 bits per heavy atom. The summed E-state index contributed by atoms with van der Waals surface area (Å²) in [5, 5.41) is 9.27. The highest BCUT2D eigenvalue weighted by atomic mass is 16.8. The predicted octanol–water partition coefficient (Wildman–Crippen LogP) is 3.79. The number of aliphatic carboxylic acids is 1. The molecule has 2 saturated carbocycles. The molecule has 0 unspecified atom stereocenters. The second-order valence-electron chi connectivity index (χ2n) is 12.6. The fourth-order valence-electron chi connectivity index (χ4n) is 9.07. The maximum atomic E-state index is 11.9. The Morgan fingerprint density at radius 2 is 1.97 bits per heavy atom. The van der Waals surface area contributed by atoms with E-state index in [1.54, 1.807) is 0 Å². The minimum absolute atomic E-state index is 0.0140. The van der Waals surface area contributed by atoms with Crippen LogP contribution < -0.4 is 0 Å². The number of carbonyl (C=O) groups is 2. The fourth-order valence-corrected chi connectivity index (χ4v) is 9.07. The Labute approximate surface area is 218 Å². The second-order valence-corrected chi connectivity index (χ2v) is 12.6. The summed E-state index contributed by atoms with van der Waals surface area (Å²) in [5.74, 6) is -1.74. The molecule has 6 aliphatic rings. The molecular weight excluding hydrogens is 480 g/mol. The molecule has 2 bridgehead atoms. The molecule has 0 aromatic carbocycles. The summed E-state index contributed by atoms with van der Waals surface area (Å²) in [6.07, 6.45) is 5.71. The van der Waals surface area contributed by atoms with E-state index >= 15 is 0 Å². The monoisotopic (exact) mass is 520 g/mol. The van der Waals surface area contributed by atoms with Gasteiger partial charge in [-0.1, -0.05) is 25.5 Å². The Kier molecular flexibility index (Phi) is 5.91. The lowest BCUT2D eigenvalue weighted by molar-refractivity contribution is -0.358. The molecule has 3 aliphatic heterocycles. The molecule has 1 N–H and O–H groups in total. The largest absolute Gasteiger partial charge is 0.479 e. The van der Waals surface area contributed by atoms with Gasteiger partial charge in [-0.05, 0) is 63.7 Å². The summed E-state index contributed by atoms with van der Waals surface area (Å²) in [4.78, 5) is 23.3. The van der Waals surface area contributed by atoms with E-state index in [2.05, 4.69) is 26.8 Å². The highest BCUT2D eigenvalue weighted by Crippen LogP contribution is 2.76. The first-order chi connectivity index (χ1) is 17.5. The van der Waals surface area contributed by atoms with Crippen LogP contribution in [-0.4, -0.2) is 66.9 Å². The average Bonchev–Trinajstić information content (AvgIpc) is 3.33. The summed E-state index contributed by atoms with van der Waals surface area (Å²) in [7, 11) is 1.30. The lowest BCUT2D eigenvalue weighted by Gasteiger charge is -2.59. The van der Waals surface area contributed by atoms with Crippen LogP contribution in [0.5, 0.6) is 0 Å². The zero-order valence-electron chi connectivity index (χ0n) is 22.5. The number of ether oxygens (including phenoxy) is 6. The molecule has 11 atom stereocenters. The summed E-state index contributed by atoms with van der Waals surface area (Å²) < 4.78 is 36.3. The van der Waals surface area contributed by atoms with Gasteiger partial charge >= 0.3 is 11.9 Å². The van der Waals surface area contributed by atoms with Crippen molar-refractivity contribution in [3.05, 3.63) is 11.6 Å². The van der Waals surface area contributed by atoms with Crippen LogP contribution in [0.15, 0.2) is 11.6 Å². The average molecular weight is 521 g/mol. The molecule has 3 aliphatic carbocycles. The molecule has 6 rings (SSSR count). The van der Waals surface area contributed by atoms with Crippen molar-refractivity contribution < 1.29 is 43.1 Å². The number of carbonyl (C=O) groups excluding carboxylic acids is 1. The molecule has 9 heteroatoms. The van der Waals surface area contributed by atoms with Gasteiger partial charge in [-0.15, -0.1) is 0 Å². The van der Waals surface area contributed by atoms with Gasteiger partial charge in [0.25, 0.3) is 0 Å². The smallest absolute Gasteiger partial charge is 0.332 e. The van der Waals surface area contributed by atoms with Crippen LogP contribution in [-0.2, 0) is 38.0 Å². The van der Waals surface area contributed by atoms with E-state index in [1.807, 2.05) is 0 Å². The van der Waals surface area contributed by atoms with Gasteiger partial charge in [0.05, 0.1) is 38.3 Å². The van der Waals surface area contributed by atoms with Crippen LogP contribution in [0, 0.1) is 28.6 Å². The third-order valence-corrected chi connectivity index (χ3v) is 10.8. The van der Waals surface area contributed by atoms with Gasteiger partial charge in [0.15, 0.2) is 24.0 Å². The molecule has 0 aromatic rings. The number of methoxy groups -OCH3 is 1. The zero-order valence-corrected chi connectivity index (χ0v) is 22.5. The van der Waals surface area contributed by atoms with E-state index < -0.39 is 35.9 Å². The maximum Gasteiger partial charge on any atom is 0.332 e. The summed E-state index contributed by atoms with van der Waals surface area (Å²) >= 11 is 0. The molecule has 0 spiro atoms. The van der Waals surface area contributed by atoms with Crippen LogP contribution in [0.2, 0.25) is 0 Å². The van der Waals surface area contributed by atoms with Gasteiger partial charge in [-0.2, -0.15) is 0 Å². The number of hydrogen-bond acceptors (Lipinski definition) is 8. The van der Waals surface area contributed by atoms with Crippen molar-refractivity contribution in [2.75, 3.05) is 13.7 Å². The van der Waals surface area contributed by atoms with Gasteiger partial charge in [0, 0.05) is 11.3 Å². The van der Waals surface area contributed by atoms with E-state index in [0.29, 0.717) is 12.5 Å². The van der Waals surface area contributed by atoms with Crippen molar-refractivity contribution in [1.82, 2.24) is 0 Å². The molecule has 5 fully saturated rings. The Morgan fingerprint density at radius 1 is 1.19 bits per heavy atom. The number of allylic oxidation sites excluding steroid dienone is 1. The molecule has 0 radical (unpaired) electrons. The van der Waals surface area contributed by atoms with E-state index in [4.69, 9.17) is 28.4 Å². The number of carboxylic acid groups (broad SMARTS) is 1. The van der Waals surface area contributed by atoms with Gasteiger partial charge in [-0.25, -0.2) is 4.79 Å². The first-order valence-corrected chi connectivity index (χ1v) is 13.8. The molecule has 3 saturated heterocycles. The van der Waals surface area contributed by atoms with E-state index in [-0.39, 0.29) is 41.3 Å². The van der Waals surface area contributed by atoms with Crippen molar-refractivity contribution >= 4 is 11.9 Å². The van der Waals surface area contributed by atoms with Crippen LogP contribution in [0.3, 0.4) is 0 Å². The standard InChI is InChI=1S/C28H40O9/c1-15(24(30)31)34-22(13-21(29)32-5)35-17-8-10-25(2)16(12-17)6-7-19-18(25)9-11-26(3)23-20-14-33-27(23,4)37-28(19,26)36-20/h6,15,17-20,22-23H,7-14H2,1-5H3,(H,30,31)/t15-,17+,18+,19-,20-,22+,23+,25+,26-,27-,28+/m1/s1. The number of carboxylic acids is 1. The molecular formula is C28H40O9. The SMILES string of the molecule is COC(=O)C[C@H](O[C@H]1CC[C@@]2(C)C(=CC[C@@H]3[C@@H]2CC[C@]2(C)[C@@H]4[C@H]5CO[C@]4(C)O[C@@]32O5)C1)O[C@H](C)C(=O)O. The van der Waals surface area contributed by atoms with Crippen molar-refractivity contribution in [3.63, 3.8) is 0 Å². The Balaban J connectivity index is 1.21. The maximum absolute atomic E-state index is 11.9. The van der Waals surface area contributed by atoms with Gasteiger partial charge in [0.2, 0.25) is 0 Å². The third kappa shape index (κ3) is 3.53. The Hall–Kier alpha value is -1.52. The van der Waals surface area contributed by atoms with Crippen LogP contribution >= 0.6 is 0 Å². The lowest BCUT2D eigenvalue weighted by Crippen LogP contribution is -2.60. The molecule has 37 heavy (non-hydrogen) atoms. The number of esters is 1. The highest BCUT2D eigenvalue weighted by molar-refractivity contribution is 5.72. The third-order valence-electron chi connectivity index (χ3n) is 10.8. The van der Waals surface area contributed by atoms with Crippen LogP contribution in [0.1, 0.15) is 72.6 Å². The van der Waals surface area contributed by atoms with E-state index in [0.717, 1.165) is 38.5 Å². The highest BCUT2D eigenvalue weighted by Gasteiger charge is 2.83. The molecule has 0 amide bonds. The van der Waals surface area contributed by atoms with Crippen molar-refractivity contribution in [1.29, 1.82) is 0 Å². The van der Waals surface area contributed by atoms with Gasteiger partial charge in [0.1, 0.15) is 0 Å². The second kappa shape index (κ2) is 8.49. The molecule has 0 aromatic heterocycles. The molecule has 206 valence electrons. The van der Waals surface area contributed by atoms with E-state index in [9.17, 15) is 14.7 Å². The Bertz CT molecular complexity index is 1010. The van der Waals surface area contributed by atoms with Gasteiger partial charge in [-0.3, -0.25) is 4.79 Å². The van der Waals surface area contributed by atoms with E-state index in [1.165, 1.54) is 19.6 Å². The summed E-state index contributed by atoms with van der Waals surface area (Å²) in [6, 6.07) is 0. The quantitative estimate of drug-likeness (QED) is 0.305. The predicted molar refractivity (Wildman–Crippen MR) is 129 cm³/mol. The van der Waals surface area contributed by atoms with Crippen molar-refractivity contribution in [2.45, 2.75) is 109 Å². The molecule has 3 heterocycles. The number of fused-ring (bicyclic) bond motifs is 3. The van der Waals surface area contributed by atoms with Crippen LogP contribution in [0.4, 0.5) is 0 Å². The summed E-state index contributed by atoms with van der Waals surface area (Å²) in [5.41, 5.74) is 1.36. The van der Waals surface area contributed by atoms with Crippen molar-refractivity contribution in [3.8, 4) is 0 Å². The fraction of sp³-hybridized carbons (Fsp3) is 0.857.